The summed E-state index contributed by atoms with van der Waals surface area (Å²) >= 11 is 0. The molecule has 1 saturated carbocycles. The number of methoxy groups -OCH3 is 2. The Morgan fingerprint density at radius 2 is 1.41 bits per heavy atom. The third-order valence-electron chi connectivity index (χ3n) is 8.10. The van der Waals surface area contributed by atoms with Crippen molar-refractivity contribution in [3.63, 3.8) is 0 Å². The molecular weight excluding hydrogens is 516 g/mol. The van der Waals surface area contributed by atoms with Crippen molar-refractivity contribution >= 4 is 20.0 Å². The lowest BCUT2D eigenvalue weighted by molar-refractivity contribution is -0.154. The minimum Gasteiger partial charge on any atom is -0.497 e. The summed E-state index contributed by atoms with van der Waals surface area (Å²) in [4.78, 5) is 0.378. The second-order valence-corrected chi connectivity index (χ2v) is 13.8. The third-order valence-corrected chi connectivity index (χ3v) is 12.0. The van der Waals surface area contributed by atoms with E-state index in [-0.39, 0.29) is 47.9 Å². The van der Waals surface area contributed by atoms with Crippen molar-refractivity contribution in [3.05, 3.63) is 48.5 Å². The van der Waals surface area contributed by atoms with E-state index in [0.717, 1.165) is 6.42 Å². The van der Waals surface area contributed by atoms with Gasteiger partial charge in [0.05, 0.1) is 30.6 Å². The lowest BCUT2D eigenvalue weighted by Gasteiger charge is -2.54. The van der Waals surface area contributed by atoms with Crippen LogP contribution in [0.3, 0.4) is 0 Å². The van der Waals surface area contributed by atoms with Gasteiger partial charge in [-0.15, -0.1) is 0 Å². The van der Waals surface area contributed by atoms with Gasteiger partial charge in [-0.1, -0.05) is 13.3 Å². The molecule has 0 radical (unpaired) electrons. The number of piperidine rings is 1. The smallest absolute Gasteiger partial charge is 0.245 e. The highest BCUT2D eigenvalue weighted by atomic mass is 32.2. The lowest BCUT2D eigenvalue weighted by atomic mass is 9.71. The van der Waals surface area contributed by atoms with E-state index < -0.39 is 25.8 Å². The number of nitrogens with zero attached hydrogens (tertiary/aromatic N) is 2. The van der Waals surface area contributed by atoms with Crippen molar-refractivity contribution < 1.29 is 31.0 Å². The molecule has 2 heterocycles. The van der Waals surface area contributed by atoms with Crippen molar-refractivity contribution in [1.82, 2.24) is 8.61 Å². The van der Waals surface area contributed by atoms with Gasteiger partial charge in [0.1, 0.15) is 17.2 Å². The number of benzene rings is 2. The summed E-state index contributed by atoms with van der Waals surface area (Å²) < 4.78 is 75.1. The van der Waals surface area contributed by atoms with Gasteiger partial charge in [0.15, 0.2) is 0 Å². The Morgan fingerprint density at radius 3 is 1.97 bits per heavy atom. The summed E-state index contributed by atoms with van der Waals surface area (Å²) in [6, 6.07) is 12.4. The van der Waals surface area contributed by atoms with Crippen LogP contribution >= 0.6 is 0 Å². The molecule has 4 unspecified atom stereocenters. The molecule has 0 aromatic heterocycles. The second kappa shape index (κ2) is 9.85. The predicted molar refractivity (Wildman–Crippen MR) is 137 cm³/mol. The van der Waals surface area contributed by atoms with Gasteiger partial charge < -0.3 is 14.2 Å². The zero-order valence-corrected chi connectivity index (χ0v) is 23.0. The van der Waals surface area contributed by atoms with Crippen molar-refractivity contribution in [2.45, 2.75) is 54.2 Å². The summed E-state index contributed by atoms with van der Waals surface area (Å²) in [5.41, 5.74) is -1.07. The monoisotopic (exact) mass is 550 g/mol. The molecule has 2 saturated heterocycles. The second-order valence-electron chi connectivity index (χ2n) is 10.1. The van der Waals surface area contributed by atoms with E-state index in [0.29, 0.717) is 30.3 Å². The summed E-state index contributed by atoms with van der Waals surface area (Å²) in [5, 5.41) is 0. The number of rotatable bonds is 6. The molecule has 11 heteroatoms. The van der Waals surface area contributed by atoms with Crippen LogP contribution in [0.25, 0.3) is 0 Å². The lowest BCUT2D eigenvalue weighted by Crippen LogP contribution is -2.66. The molecule has 2 aromatic rings. The van der Waals surface area contributed by atoms with Crippen LogP contribution < -0.4 is 9.47 Å². The highest BCUT2D eigenvalue weighted by Crippen LogP contribution is 2.51. The zero-order valence-electron chi connectivity index (χ0n) is 21.4. The molecule has 0 amide bonds. The van der Waals surface area contributed by atoms with Gasteiger partial charge in [-0.2, -0.15) is 8.61 Å². The molecule has 3 fully saturated rings. The molecule has 37 heavy (non-hydrogen) atoms. The normalized spacial score (nSPS) is 29.2. The molecule has 9 nitrogen and oxygen atoms in total. The fourth-order valence-corrected chi connectivity index (χ4v) is 9.66. The van der Waals surface area contributed by atoms with Crippen LogP contribution in [0.1, 0.15) is 32.6 Å². The van der Waals surface area contributed by atoms with Crippen molar-refractivity contribution in [2.75, 3.05) is 33.9 Å². The van der Waals surface area contributed by atoms with Crippen molar-refractivity contribution in [2.24, 2.45) is 11.8 Å². The van der Waals surface area contributed by atoms with Crippen LogP contribution in [0.5, 0.6) is 11.5 Å². The standard InChI is InChI=1S/C26H34N2O7S2/c1-19-4-13-24-25(18-19)27(36(29,30)22-9-5-20(33-2)6-10-22)15-14-26(24)28(16-17-35-26)37(31,32)23-11-7-21(34-3)8-12-23/h5-12,19,24-25H,4,13-18H2,1-3H3. The molecule has 5 rings (SSSR count). The number of hydrogen-bond acceptors (Lipinski definition) is 7. The zero-order chi connectivity index (χ0) is 26.4. The summed E-state index contributed by atoms with van der Waals surface area (Å²) in [6.07, 6.45) is 2.50. The molecule has 2 aromatic carbocycles. The van der Waals surface area contributed by atoms with Crippen LogP contribution in [0.2, 0.25) is 0 Å². The minimum absolute atomic E-state index is 0.173. The van der Waals surface area contributed by atoms with Gasteiger partial charge in [0, 0.05) is 31.5 Å². The molecule has 1 aliphatic carbocycles. The van der Waals surface area contributed by atoms with Gasteiger partial charge in [-0.25, -0.2) is 16.8 Å². The Balaban J connectivity index is 1.51. The van der Waals surface area contributed by atoms with Crippen molar-refractivity contribution in [1.29, 1.82) is 0 Å². The summed E-state index contributed by atoms with van der Waals surface area (Å²) in [7, 11) is -4.61. The Hall–Kier alpha value is -2.18. The van der Waals surface area contributed by atoms with E-state index in [4.69, 9.17) is 14.2 Å². The first-order chi connectivity index (χ1) is 17.6. The van der Waals surface area contributed by atoms with Crippen LogP contribution in [0.15, 0.2) is 58.3 Å². The van der Waals surface area contributed by atoms with Crippen LogP contribution in [0, 0.1) is 11.8 Å². The van der Waals surface area contributed by atoms with E-state index in [9.17, 15) is 16.8 Å². The first kappa shape index (κ1) is 26.4. The van der Waals surface area contributed by atoms with Gasteiger partial charge in [-0.3, -0.25) is 0 Å². The van der Waals surface area contributed by atoms with Gasteiger partial charge in [0.2, 0.25) is 20.0 Å². The molecule has 0 bridgehead atoms. The Labute approximate surface area is 219 Å². The van der Waals surface area contributed by atoms with E-state index >= 15 is 0 Å². The van der Waals surface area contributed by atoms with Gasteiger partial charge in [0.25, 0.3) is 0 Å². The highest BCUT2D eigenvalue weighted by Gasteiger charge is 2.61. The maximum atomic E-state index is 13.9. The highest BCUT2D eigenvalue weighted by molar-refractivity contribution is 7.89. The molecular formula is C26H34N2O7S2. The largest absolute Gasteiger partial charge is 0.497 e. The third kappa shape index (κ3) is 4.44. The van der Waals surface area contributed by atoms with Gasteiger partial charge in [-0.05, 0) is 67.3 Å². The summed E-state index contributed by atoms with van der Waals surface area (Å²) in [6.45, 7) is 2.81. The van der Waals surface area contributed by atoms with E-state index in [1.54, 1.807) is 52.8 Å². The van der Waals surface area contributed by atoms with E-state index in [2.05, 4.69) is 6.92 Å². The Bertz CT molecular complexity index is 1330. The SMILES string of the molecule is COc1ccc(S(=O)(=O)N2CCC3(OCCN3S(=O)(=O)c3ccc(OC)cc3)C3CCC(C)CC32)cc1. The first-order valence-electron chi connectivity index (χ1n) is 12.6. The summed E-state index contributed by atoms with van der Waals surface area (Å²) in [5.74, 6) is 1.20. The predicted octanol–water partition coefficient (Wildman–Crippen LogP) is 3.32. The van der Waals surface area contributed by atoms with E-state index in [1.807, 2.05) is 0 Å². The molecule has 3 aliphatic rings. The molecule has 4 atom stereocenters. The van der Waals surface area contributed by atoms with Crippen molar-refractivity contribution in [3.8, 4) is 11.5 Å². The van der Waals surface area contributed by atoms with E-state index in [1.165, 1.54) is 18.5 Å². The topological polar surface area (TPSA) is 102 Å². The average Bonchev–Trinajstić information content (AvgIpc) is 3.33. The number of hydrogen-bond donors (Lipinski definition) is 0. The number of ether oxygens (including phenoxy) is 3. The number of fused-ring (bicyclic) bond motifs is 2. The molecule has 202 valence electrons. The van der Waals surface area contributed by atoms with Gasteiger partial charge >= 0.3 is 0 Å². The van der Waals surface area contributed by atoms with Crippen LogP contribution in [0.4, 0.5) is 0 Å². The van der Waals surface area contributed by atoms with Crippen LogP contribution in [-0.2, 0) is 24.8 Å². The molecule has 1 spiro atoms. The molecule has 2 aliphatic heterocycles. The fourth-order valence-electron chi connectivity index (χ4n) is 6.25. The fraction of sp³-hybridized carbons (Fsp3) is 0.538. The molecule has 0 N–H and O–H groups in total. The first-order valence-corrected chi connectivity index (χ1v) is 15.5. The minimum atomic E-state index is -3.88. The van der Waals surface area contributed by atoms with Crippen LogP contribution in [-0.4, -0.2) is 71.1 Å². The maximum absolute atomic E-state index is 13.9. The quantitative estimate of drug-likeness (QED) is 0.544. The average molecular weight is 551 g/mol. The Kier molecular flexibility index (Phi) is 7.03. The number of sulfonamides is 2. The Morgan fingerprint density at radius 1 is 0.838 bits per heavy atom. The maximum Gasteiger partial charge on any atom is 0.245 e.